The van der Waals surface area contributed by atoms with E-state index in [1.54, 1.807) is 18.2 Å². The first-order valence-corrected chi connectivity index (χ1v) is 7.45. The maximum absolute atomic E-state index is 10.9. The standard InChI is InChI=1S/C14H19BrN2O3/c1-10(9-17-4-6-20-7-5-17)16-11-2-3-12(14(18)19)13(15)8-11/h2-3,8,10,16H,4-7,9H2,1H3,(H,18,19). The summed E-state index contributed by atoms with van der Waals surface area (Å²) in [7, 11) is 0. The van der Waals surface area contributed by atoms with Crippen LogP contribution in [0.15, 0.2) is 22.7 Å². The number of hydrogen-bond donors (Lipinski definition) is 2. The second-order valence-corrected chi connectivity index (χ2v) is 5.81. The third kappa shape index (κ3) is 4.19. The van der Waals surface area contributed by atoms with Crippen LogP contribution in [0.3, 0.4) is 0 Å². The minimum absolute atomic E-state index is 0.274. The van der Waals surface area contributed by atoms with Gasteiger partial charge in [0.15, 0.2) is 0 Å². The first kappa shape index (κ1) is 15.3. The Balaban J connectivity index is 1.92. The molecule has 0 radical (unpaired) electrons. The Morgan fingerprint density at radius 2 is 2.20 bits per heavy atom. The van der Waals surface area contributed by atoms with Gasteiger partial charge in [0, 0.05) is 35.8 Å². The Labute approximate surface area is 127 Å². The highest BCUT2D eigenvalue weighted by Crippen LogP contribution is 2.22. The van der Waals surface area contributed by atoms with E-state index < -0.39 is 5.97 Å². The van der Waals surface area contributed by atoms with Gasteiger partial charge >= 0.3 is 5.97 Å². The van der Waals surface area contributed by atoms with E-state index in [9.17, 15) is 4.79 Å². The Hall–Kier alpha value is -1.11. The van der Waals surface area contributed by atoms with Crippen LogP contribution in [-0.4, -0.2) is 54.9 Å². The zero-order valence-corrected chi connectivity index (χ0v) is 13.0. The predicted octanol–water partition coefficient (Wildman–Crippen LogP) is 2.28. The van der Waals surface area contributed by atoms with Crippen LogP contribution in [0, 0.1) is 0 Å². The second-order valence-electron chi connectivity index (χ2n) is 4.96. The van der Waals surface area contributed by atoms with Crippen LogP contribution in [0.5, 0.6) is 0 Å². The third-order valence-corrected chi connectivity index (χ3v) is 3.90. The molecule has 1 aromatic rings. The number of nitrogens with zero attached hydrogens (tertiary/aromatic N) is 1. The van der Waals surface area contributed by atoms with E-state index in [1.807, 2.05) is 0 Å². The van der Waals surface area contributed by atoms with Gasteiger partial charge in [0.05, 0.1) is 18.8 Å². The van der Waals surface area contributed by atoms with E-state index in [1.165, 1.54) is 0 Å². The van der Waals surface area contributed by atoms with Crippen molar-refractivity contribution in [1.29, 1.82) is 0 Å². The average molecular weight is 343 g/mol. The Bertz CT molecular complexity index is 475. The molecule has 1 unspecified atom stereocenters. The van der Waals surface area contributed by atoms with Gasteiger partial charge < -0.3 is 15.2 Å². The van der Waals surface area contributed by atoms with E-state index in [0.717, 1.165) is 38.5 Å². The van der Waals surface area contributed by atoms with Gasteiger partial charge in [0.1, 0.15) is 0 Å². The molecule has 1 aliphatic heterocycles. The van der Waals surface area contributed by atoms with Crippen LogP contribution >= 0.6 is 15.9 Å². The van der Waals surface area contributed by atoms with Crippen molar-refractivity contribution >= 4 is 27.6 Å². The lowest BCUT2D eigenvalue weighted by Gasteiger charge is -2.29. The smallest absolute Gasteiger partial charge is 0.336 e. The number of aromatic carboxylic acids is 1. The molecule has 0 spiro atoms. The summed E-state index contributed by atoms with van der Waals surface area (Å²) in [6.45, 7) is 6.59. The number of halogens is 1. The SMILES string of the molecule is CC(CN1CCOCC1)Nc1ccc(C(=O)O)c(Br)c1. The molecule has 2 rings (SSSR count). The maximum atomic E-state index is 10.9. The molecule has 0 aromatic heterocycles. The predicted molar refractivity (Wildman–Crippen MR) is 81.4 cm³/mol. The zero-order chi connectivity index (χ0) is 14.5. The van der Waals surface area contributed by atoms with Crippen LogP contribution in [0.2, 0.25) is 0 Å². The summed E-state index contributed by atoms with van der Waals surface area (Å²) < 4.78 is 5.92. The Kier molecular flexibility index (Phi) is 5.39. The van der Waals surface area contributed by atoms with Crippen LogP contribution in [-0.2, 0) is 4.74 Å². The molecule has 0 bridgehead atoms. The van der Waals surface area contributed by atoms with Gasteiger partial charge in [-0.25, -0.2) is 4.79 Å². The second kappa shape index (κ2) is 7.06. The molecule has 0 saturated carbocycles. The molecule has 1 aliphatic rings. The first-order valence-electron chi connectivity index (χ1n) is 6.66. The van der Waals surface area contributed by atoms with Crippen LogP contribution in [0.4, 0.5) is 5.69 Å². The van der Waals surface area contributed by atoms with Crippen molar-refractivity contribution in [3.05, 3.63) is 28.2 Å². The monoisotopic (exact) mass is 342 g/mol. The summed E-state index contributed by atoms with van der Waals surface area (Å²) in [6.07, 6.45) is 0. The number of morpholine rings is 1. The highest BCUT2D eigenvalue weighted by atomic mass is 79.9. The Morgan fingerprint density at radius 1 is 1.50 bits per heavy atom. The molecule has 1 atom stereocenters. The van der Waals surface area contributed by atoms with Gasteiger partial charge in [0.2, 0.25) is 0 Å². The average Bonchev–Trinajstić information content (AvgIpc) is 2.39. The molecule has 2 N–H and O–H groups in total. The fourth-order valence-corrected chi connectivity index (χ4v) is 2.83. The Morgan fingerprint density at radius 3 is 2.80 bits per heavy atom. The summed E-state index contributed by atoms with van der Waals surface area (Å²) in [5.74, 6) is -0.926. The molecule has 6 heteroatoms. The summed E-state index contributed by atoms with van der Waals surface area (Å²) in [5.41, 5.74) is 1.19. The lowest BCUT2D eigenvalue weighted by molar-refractivity contribution is 0.0368. The largest absolute Gasteiger partial charge is 0.478 e. The van der Waals surface area contributed by atoms with Crippen molar-refractivity contribution < 1.29 is 14.6 Å². The van der Waals surface area contributed by atoms with Gasteiger partial charge in [-0.2, -0.15) is 0 Å². The summed E-state index contributed by atoms with van der Waals surface area (Å²) in [5, 5.41) is 12.4. The van der Waals surface area contributed by atoms with Crippen molar-refractivity contribution in [3.63, 3.8) is 0 Å². The molecule has 1 aromatic carbocycles. The summed E-state index contributed by atoms with van der Waals surface area (Å²) in [4.78, 5) is 13.3. The van der Waals surface area contributed by atoms with Crippen molar-refractivity contribution in [2.45, 2.75) is 13.0 Å². The molecule has 0 aliphatic carbocycles. The highest BCUT2D eigenvalue weighted by molar-refractivity contribution is 9.10. The number of carboxylic acids is 1. The van der Waals surface area contributed by atoms with Crippen molar-refractivity contribution in [2.24, 2.45) is 0 Å². The number of hydrogen-bond acceptors (Lipinski definition) is 4. The van der Waals surface area contributed by atoms with Gasteiger partial charge in [-0.05, 0) is 41.1 Å². The topological polar surface area (TPSA) is 61.8 Å². The van der Waals surface area contributed by atoms with Crippen molar-refractivity contribution in [3.8, 4) is 0 Å². The van der Waals surface area contributed by atoms with Gasteiger partial charge in [-0.3, -0.25) is 4.90 Å². The van der Waals surface area contributed by atoms with Crippen molar-refractivity contribution in [1.82, 2.24) is 4.90 Å². The molecular weight excluding hydrogens is 324 g/mol. The molecule has 0 amide bonds. The number of benzene rings is 1. The van der Waals surface area contributed by atoms with E-state index in [-0.39, 0.29) is 11.6 Å². The number of rotatable bonds is 5. The quantitative estimate of drug-likeness (QED) is 0.859. The molecule has 110 valence electrons. The molecular formula is C14H19BrN2O3. The van der Waals surface area contributed by atoms with Crippen molar-refractivity contribution in [2.75, 3.05) is 38.2 Å². The minimum atomic E-state index is -0.926. The number of carbonyl (C=O) groups is 1. The number of nitrogens with one attached hydrogen (secondary N) is 1. The maximum Gasteiger partial charge on any atom is 0.336 e. The third-order valence-electron chi connectivity index (χ3n) is 3.25. The van der Waals surface area contributed by atoms with E-state index in [2.05, 4.69) is 33.1 Å². The molecule has 5 nitrogen and oxygen atoms in total. The number of carboxylic acid groups (broad SMARTS) is 1. The number of anilines is 1. The van der Waals surface area contributed by atoms with E-state index >= 15 is 0 Å². The van der Waals surface area contributed by atoms with E-state index in [4.69, 9.17) is 9.84 Å². The fraction of sp³-hybridized carbons (Fsp3) is 0.500. The van der Waals surface area contributed by atoms with Gasteiger partial charge in [0.25, 0.3) is 0 Å². The zero-order valence-electron chi connectivity index (χ0n) is 11.4. The number of ether oxygens (including phenoxy) is 1. The highest BCUT2D eigenvalue weighted by Gasteiger charge is 2.14. The van der Waals surface area contributed by atoms with Gasteiger partial charge in [-0.15, -0.1) is 0 Å². The normalized spacial score (nSPS) is 17.7. The summed E-state index contributed by atoms with van der Waals surface area (Å²) >= 11 is 3.29. The summed E-state index contributed by atoms with van der Waals surface area (Å²) in [6, 6.07) is 5.50. The molecule has 20 heavy (non-hydrogen) atoms. The lowest BCUT2D eigenvalue weighted by atomic mass is 10.2. The minimum Gasteiger partial charge on any atom is -0.478 e. The van der Waals surface area contributed by atoms with Crippen LogP contribution in [0.25, 0.3) is 0 Å². The lowest BCUT2D eigenvalue weighted by Crippen LogP contribution is -2.42. The van der Waals surface area contributed by atoms with E-state index in [0.29, 0.717) is 4.47 Å². The van der Waals surface area contributed by atoms with Crippen LogP contribution < -0.4 is 5.32 Å². The molecule has 1 saturated heterocycles. The van der Waals surface area contributed by atoms with Crippen LogP contribution in [0.1, 0.15) is 17.3 Å². The fourth-order valence-electron chi connectivity index (χ4n) is 2.28. The molecule has 1 heterocycles. The van der Waals surface area contributed by atoms with Gasteiger partial charge in [-0.1, -0.05) is 0 Å². The first-order chi connectivity index (χ1) is 9.56. The molecule has 1 fully saturated rings.